The zero-order chi connectivity index (χ0) is 13.3. The molecule has 0 bridgehead atoms. The van der Waals surface area contributed by atoms with E-state index in [9.17, 15) is 8.42 Å². The van der Waals surface area contributed by atoms with Gasteiger partial charge in [0, 0.05) is 17.8 Å². The van der Waals surface area contributed by atoms with Crippen LogP contribution in [0.2, 0.25) is 4.47 Å². The summed E-state index contributed by atoms with van der Waals surface area (Å²) in [5, 5.41) is 6.41. The predicted octanol–water partition coefficient (Wildman–Crippen LogP) is 1.87. The van der Waals surface area contributed by atoms with Crippen molar-refractivity contribution in [2.45, 2.75) is 24.1 Å². The highest BCUT2D eigenvalue weighted by molar-refractivity contribution is 7.91. The van der Waals surface area contributed by atoms with E-state index in [2.05, 4.69) is 19.9 Å². The largest absolute Gasteiger partial charge is 0.285 e. The molecule has 0 spiro atoms. The number of hydrogen-bond donors (Lipinski definition) is 2. The van der Waals surface area contributed by atoms with Gasteiger partial charge in [-0.15, -0.1) is 0 Å². The molecule has 0 saturated carbocycles. The Hall–Kier alpha value is -0.960. The first-order valence-electron chi connectivity index (χ1n) is 5.04. The molecule has 0 amide bonds. The number of nitrogens with one attached hydrogen (secondary N) is 2. The average molecular weight is 307 g/mol. The number of sulfonamides is 1. The van der Waals surface area contributed by atoms with Crippen molar-refractivity contribution in [1.29, 1.82) is 0 Å². The predicted molar refractivity (Wildman–Crippen MR) is 69.2 cm³/mol. The minimum absolute atomic E-state index is 0.142. The molecule has 0 aliphatic carbocycles. The number of halogens is 1. The Kier molecular flexibility index (Phi) is 3.71. The Morgan fingerprint density at radius 2 is 2.28 bits per heavy atom. The van der Waals surface area contributed by atoms with Crippen molar-refractivity contribution in [3.05, 3.63) is 28.1 Å². The number of aryl methyl sites for hydroxylation is 1. The van der Waals surface area contributed by atoms with Crippen LogP contribution < -0.4 is 4.72 Å². The molecule has 2 aromatic heterocycles. The van der Waals surface area contributed by atoms with Crippen LogP contribution in [0.5, 0.6) is 0 Å². The van der Waals surface area contributed by atoms with Gasteiger partial charge in [-0.05, 0) is 13.8 Å². The first kappa shape index (κ1) is 13.5. The van der Waals surface area contributed by atoms with Gasteiger partial charge in [-0.25, -0.2) is 18.1 Å². The molecular formula is C9H11ClN4O2S2. The van der Waals surface area contributed by atoms with Gasteiger partial charge in [0.05, 0.1) is 11.9 Å². The highest BCUT2D eigenvalue weighted by Gasteiger charge is 2.24. The number of aromatic amines is 1. The summed E-state index contributed by atoms with van der Waals surface area (Å²) in [5.74, 6) is 0. The minimum Gasteiger partial charge on any atom is -0.285 e. The Bertz CT molecular complexity index is 636. The SMILES string of the molecule is Cc1nc(Cl)sc1S(=O)(=O)NC(C)c1cn[nH]c1. The number of nitrogens with zero attached hydrogens (tertiary/aromatic N) is 2. The summed E-state index contributed by atoms with van der Waals surface area (Å²) in [6.07, 6.45) is 3.21. The fourth-order valence-electron chi connectivity index (χ4n) is 1.45. The summed E-state index contributed by atoms with van der Waals surface area (Å²) in [5.41, 5.74) is 1.16. The molecule has 2 N–H and O–H groups in total. The maximum atomic E-state index is 12.1. The van der Waals surface area contributed by atoms with Crippen LogP contribution >= 0.6 is 22.9 Å². The van der Waals surface area contributed by atoms with E-state index < -0.39 is 10.0 Å². The van der Waals surface area contributed by atoms with Crippen molar-refractivity contribution in [3.8, 4) is 0 Å². The monoisotopic (exact) mass is 306 g/mol. The molecule has 0 radical (unpaired) electrons. The van der Waals surface area contributed by atoms with E-state index in [-0.39, 0.29) is 14.7 Å². The lowest BCUT2D eigenvalue weighted by Crippen LogP contribution is -2.26. The smallest absolute Gasteiger partial charge is 0.252 e. The molecular weight excluding hydrogens is 296 g/mol. The second-order valence-corrected chi connectivity index (χ2v) is 7.20. The maximum absolute atomic E-state index is 12.1. The Morgan fingerprint density at radius 3 is 2.78 bits per heavy atom. The van der Waals surface area contributed by atoms with Crippen molar-refractivity contribution >= 4 is 33.0 Å². The molecule has 0 aliphatic rings. The normalized spacial score (nSPS) is 13.7. The molecule has 1 unspecified atom stereocenters. The van der Waals surface area contributed by atoms with Gasteiger partial charge >= 0.3 is 0 Å². The minimum atomic E-state index is -3.62. The van der Waals surface area contributed by atoms with Gasteiger partial charge in [0.2, 0.25) is 0 Å². The molecule has 6 nitrogen and oxygen atoms in total. The zero-order valence-electron chi connectivity index (χ0n) is 9.64. The number of H-pyrrole nitrogens is 1. The first-order chi connectivity index (χ1) is 8.40. The number of aromatic nitrogens is 3. The molecule has 2 rings (SSSR count). The van der Waals surface area contributed by atoms with Crippen LogP contribution in [0.15, 0.2) is 16.6 Å². The lowest BCUT2D eigenvalue weighted by Gasteiger charge is -2.11. The van der Waals surface area contributed by atoms with E-state index in [1.807, 2.05) is 0 Å². The lowest BCUT2D eigenvalue weighted by atomic mass is 10.2. The molecule has 0 fully saturated rings. The average Bonchev–Trinajstić information content (AvgIpc) is 2.86. The van der Waals surface area contributed by atoms with Crippen LogP contribution in [-0.4, -0.2) is 23.6 Å². The fraction of sp³-hybridized carbons (Fsp3) is 0.333. The van der Waals surface area contributed by atoms with Crippen LogP contribution in [-0.2, 0) is 10.0 Å². The van der Waals surface area contributed by atoms with E-state index in [1.54, 1.807) is 26.2 Å². The topological polar surface area (TPSA) is 87.7 Å². The summed E-state index contributed by atoms with van der Waals surface area (Å²) in [6.45, 7) is 3.35. The van der Waals surface area contributed by atoms with Gasteiger partial charge in [-0.1, -0.05) is 22.9 Å². The highest BCUT2D eigenvalue weighted by atomic mass is 35.5. The second-order valence-electron chi connectivity index (χ2n) is 3.71. The van der Waals surface area contributed by atoms with Crippen molar-refractivity contribution in [3.63, 3.8) is 0 Å². The zero-order valence-corrected chi connectivity index (χ0v) is 12.0. The first-order valence-corrected chi connectivity index (χ1v) is 7.72. The van der Waals surface area contributed by atoms with E-state index in [1.165, 1.54) is 0 Å². The molecule has 0 saturated heterocycles. The van der Waals surface area contributed by atoms with Gasteiger partial charge in [-0.2, -0.15) is 5.10 Å². The number of rotatable bonds is 4. The van der Waals surface area contributed by atoms with Crippen LogP contribution in [0.1, 0.15) is 24.2 Å². The second kappa shape index (κ2) is 4.96. The quantitative estimate of drug-likeness (QED) is 0.902. The summed E-state index contributed by atoms with van der Waals surface area (Å²) in [6, 6.07) is -0.381. The Balaban J connectivity index is 2.25. The van der Waals surface area contributed by atoms with Crippen LogP contribution in [0.3, 0.4) is 0 Å². The Labute approximate surface area is 113 Å². The van der Waals surface area contributed by atoms with Gasteiger partial charge in [0.1, 0.15) is 0 Å². The van der Waals surface area contributed by atoms with Gasteiger partial charge in [0.25, 0.3) is 10.0 Å². The van der Waals surface area contributed by atoms with E-state index in [4.69, 9.17) is 11.6 Å². The standard InChI is InChI=1S/C9H11ClN4O2S2/c1-5(7-3-11-12-4-7)14-18(15,16)8-6(2)13-9(10)17-8/h3-5,14H,1-2H3,(H,11,12). The van der Waals surface area contributed by atoms with Crippen LogP contribution in [0.25, 0.3) is 0 Å². The molecule has 1 atom stereocenters. The molecule has 0 aliphatic heterocycles. The summed E-state index contributed by atoms with van der Waals surface area (Å²) in [4.78, 5) is 3.89. The summed E-state index contributed by atoms with van der Waals surface area (Å²) < 4.78 is 27.2. The fourth-order valence-corrected chi connectivity index (χ4v) is 4.44. The molecule has 18 heavy (non-hydrogen) atoms. The third kappa shape index (κ3) is 2.72. The van der Waals surface area contributed by atoms with Crippen molar-refractivity contribution in [2.75, 3.05) is 0 Å². The third-order valence-corrected chi connectivity index (χ3v) is 5.74. The van der Waals surface area contributed by atoms with Crippen molar-refractivity contribution < 1.29 is 8.42 Å². The van der Waals surface area contributed by atoms with Crippen LogP contribution in [0.4, 0.5) is 0 Å². The highest BCUT2D eigenvalue weighted by Crippen LogP contribution is 2.27. The van der Waals surface area contributed by atoms with Gasteiger partial charge < -0.3 is 0 Å². The molecule has 0 aromatic carbocycles. The molecule has 2 heterocycles. The summed E-state index contributed by atoms with van der Waals surface area (Å²) in [7, 11) is -3.62. The summed E-state index contributed by atoms with van der Waals surface area (Å²) >= 11 is 6.65. The molecule has 2 aromatic rings. The van der Waals surface area contributed by atoms with E-state index >= 15 is 0 Å². The third-order valence-electron chi connectivity index (χ3n) is 2.32. The van der Waals surface area contributed by atoms with E-state index in [0.29, 0.717) is 5.69 Å². The maximum Gasteiger partial charge on any atom is 0.252 e. The number of hydrogen-bond acceptors (Lipinski definition) is 5. The van der Waals surface area contributed by atoms with Crippen LogP contribution in [0, 0.1) is 6.92 Å². The lowest BCUT2D eigenvalue weighted by molar-refractivity contribution is 0.568. The molecule has 9 heteroatoms. The van der Waals surface area contributed by atoms with Crippen molar-refractivity contribution in [1.82, 2.24) is 19.9 Å². The van der Waals surface area contributed by atoms with Gasteiger partial charge in [-0.3, -0.25) is 5.10 Å². The van der Waals surface area contributed by atoms with Crippen molar-refractivity contribution in [2.24, 2.45) is 0 Å². The number of thiazole rings is 1. The molecule has 98 valence electrons. The van der Waals surface area contributed by atoms with Gasteiger partial charge in [0.15, 0.2) is 8.68 Å². The Morgan fingerprint density at radius 1 is 1.56 bits per heavy atom. The van der Waals surface area contributed by atoms with E-state index in [0.717, 1.165) is 16.9 Å².